The number of rotatable bonds is 10. The summed E-state index contributed by atoms with van der Waals surface area (Å²) in [5.74, 6) is 0.299. The van der Waals surface area contributed by atoms with Crippen LogP contribution in [-0.2, 0) is 17.6 Å². The highest BCUT2D eigenvalue weighted by atomic mass is 35.5. The van der Waals surface area contributed by atoms with Crippen molar-refractivity contribution in [2.75, 3.05) is 20.3 Å². The summed E-state index contributed by atoms with van der Waals surface area (Å²) in [5.41, 5.74) is 13.5. The maximum atomic E-state index is 11.8. The molecule has 5 rings (SSSR count). The molecule has 39 heavy (non-hydrogen) atoms. The Labute approximate surface area is 233 Å². The maximum absolute atomic E-state index is 11.8. The van der Waals surface area contributed by atoms with E-state index >= 15 is 0 Å². The second-order valence-corrected chi connectivity index (χ2v) is 9.84. The lowest BCUT2D eigenvalue weighted by atomic mass is 9.83. The molecule has 3 N–H and O–H groups in total. The minimum Gasteiger partial charge on any atom is -0.493 e. The molecule has 0 amide bonds. The molecular formula is C33H31ClN2O3. The summed E-state index contributed by atoms with van der Waals surface area (Å²) in [5, 5.41) is 1.77. The van der Waals surface area contributed by atoms with E-state index in [1.165, 1.54) is 23.8 Å². The van der Waals surface area contributed by atoms with Gasteiger partial charge in [-0.1, -0.05) is 66.2 Å². The van der Waals surface area contributed by atoms with Crippen LogP contribution in [0, 0.1) is 0 Å². The van der Waals surface area contributed by atoms with Crippen molar-refractivity contribution in [2.24, 2.45) is 5.73 Å². The second kappa shape index (κ2) is 12.2. The van der Waals surface area contributed by atoms with Crippen LogP contribution in [0.1, 0.15) is 44.2 Å². The van der Waals surface area contributed by atoms with Crippen LogP contribution in [0.4, 0.5) is 0 Å². The molecule has 0 aliphatic rings. The van der Waals surface area contributed by atoms with Gasteiger partial charge < -0.3 is 20.2 Å². The second-order valence-electron chi connectivity index (χ2n) is 9.40. The zero-order chi connectivity index (χ0) is 27.2. The Hall–Kier alpha value is -4.06. The van der Waals surface area contributed by atoms with E-state index in [1.54, 1.807) is 24.3 Å². The number of hydrogen-bond donors (Lipinski definition) is 2. The Balaban J connectivity index is 1.55. The number of ether oxygens (including phenoxy) is 2. The van der Waals surface area contributed by atoms with Gasteiger partial charge in [0.1, 0.15) is 5.75 Å². The Kier molecular flexibility index (Phi) is 8.30. The van der Waals surface area contributed by atoms with E-state index in [1.807, 2.05) is 24.3 Å². The molecule has 0 saturated carbocycles. The molecule has 1 unspecified atom stereocenters. The monoisotopic (exact) mass is 538 g/mol. The molecule has 1 heterocycles. The Morgan fingerprint density at radius 1 is 0.923 bits per heavy atom. The fourth-order valence-corrected chi connectivity index (χ4v) is 5.35. The average Bonchev–Trinajstić information content (AvgIpc) is 3.31. The largest absolute Gasteiger partial charge is 0.493 e. The van der Waals surface area contributed by atoms with E-state index in [4.69, 9.17) is 26.8 Å². The number of fused-ring (bicyclic) bond motifs is 1. The molecule has 5 aromatic rings. The Morgan fingerprint density at radius 3 is 2.41 bits per heavy atom. The highest BCUT2D eigenvalue weighted by Gasteiger charge is 2.25. The van der Waals surface area contributed by atoms with Gasteiger partial charge in [-0.25, -0.2) is 4.79 Å². The summed E-state index contributed by atoms with van der Waals surface area (Å²) in [6.07, 6.45) is 1.46. The predicted octanol–water partition coefficient (Wildman–Crippen LogP) is 6.91. The van der Waals surface area contributed by atoms with Gasteiger partial charge in [0.25, 0.3) is 0 Å². The van der Waals surface area contributed by atoms with Crippen molar-refractivity contribution < 1.29 is 14.3 Å². The SMILES string of the molecule is COC(=O)c1ccc(OCCc2c(C(c3ccccc3)c3ccccc3CCN)[nH]c3ccc(Cl)cc23)cc1. The van der Waals surface area contributed by atoms with Crippen LogP contribution >= 0.6 is 11.6 Å². The number of carbonyl (C=O) groups is 1. The number of nitrogens with one attached hydrogen (secondary N) is 1. The van der Waals surface area contributed by atoms with Crippen LogP contribution in [-0.4, -0.2) is 31.2 Å². The van der Waals surface area contributed by atoms with Crippen molar-refractivity contribution in [1.82, 2.24) is 4.98 Å². The molecule has 1 aromatic heterocycles. The molecule has 0 spiro atoms. The lowest BCUT2D eigenvalue weighted by molar-refractivity contribution is 0.0600. The predicted molar refractivity (Wildman–Crippen MR) is 157 cm³/mol. The third kappa shape index (κ3) is 5.85. The Bertz CT molecular complexity index is 1560. The summed E-state index contributed by atoms with van der Waals surface area (Å²) in [4.78, 5) is 15.5. The zero-order valence-electron chi connectivity index (χ0n) is 21.8. The fraction of sp³-hybridized carbons (Fsp3) is 0.182. The summed E-state index contributed by atoms with van der Waals surface area (Å²) in [7, 11) is 1.37. The zero-order valence-corrected chi connectivity index (χ0v) is 22.6. The number of esters is 1. The van der Waals surface area contributed by atoms with Crippen molar-refractivity contribution >= 4 is 28.5 Å². The maximum Gasteiger partial charge on any atom is 0.337 e. The number of methoxy groups -OCH3 is 1. The van der Waals surface area contributed by atoms with Crippen LogP contribution in [0.25, 0.3) is 10.9 Å². The first-order valence-corrected chi connectivity index (χ1v) is 13.4. The van der Waals surface area contributed by atoms with E-state index in [-0.39, 0.29) is 11.9 Å². The highest BCUT2D eigenvalue weighted by molar-refractivity contribution is 6.31. The standard InChI is InChI=1S/C33H31ClN2O3/c1-38-33(37)24-11-14-26(15-12-24)39-20-18-28-29-21-25(34)13-16-30(29)36-32(28)31(23-8-3-2-4-9-23)27-10-6-5-7-22(27)17-19-35/h2-16,21,31,36H,17-20,35H2,1H3. The molecule has 1 atom stereocenters. The third-order valence-corrected chi connectivity index (χ3v) is 7.23. The van der Waals surface area contributed by atoms with Crippen molar-refractivity contribution in [2.45, 2.75) is 18.8 Å². The smallest absolute Gasteiger partial charge is 0.337 e. The van der Waals surface area contributed by atoms with Gasteiger partial charge in [-0.3, -0.25) is 0 Å². The van der Waals surface area contributed by atoms with Gasteiger partial charge in [0, 0.05) is 34.0 Å². The molecular weight excluding hydrogens is 508 g/mol. The average molecular weight is 539 g/mol. The summed E-state index contributed by atoms with van der Waals surface area (Å²) < 4.78 is 10.9. The van der Waals surface area contributed by atoms with Crippen molar-refractivity contribution in [3.63, 3.8) is 0 Å². The van der Waals surface area contributed by atoms with Gasteiger partial charge in [-0.15, -0.1) is 0 Å². The van der Waals surface area contributed by atoms with Crippen LogP contribution in [0.3, 0.4) is 0 Å². The van der Waals surface area contributed by atoms with Gasteiger partial charge >= 0.3 is 5.97 Å². The highest BCUT2D eigenvalue weighted by Crippen LogP contribution is 2.39. The van der Waals surface area contributed by atoms with E-state index in [9.17, 15) is 4.79 Å². The van der Waals surface area contributed by atoms with Crippen molar-refractivity contribution in [1.29, 1.82) is 0 Å². The number of halogens is 1. The van der Waals surface area contributed by atoms with Crippen LogP contribution in [0.15, 0.2) is 97.1 Å². The molecule has 0 bridgehead atoms. The summed E-state index contributed by atoms with van der Waals surface area (Å²) in [6, 6.07) is 32.0. The fourth-order valence-electron chi connectivity index (χ4n) is 5.18. The summed E-state index contributed by atoms with van der Waals surface area (Å²) >= 11 is 6.47. The lowest BCUT2D eigenvalue weighted by Crippen LogP contribution is -2.13. The molecule has 0 fully saturated rings. The number of nitrogens with two attached hydrogens (primary N) is 1. The van der Waals surface area contributed by atoms with Crippen LogP contribution in [0.2, 0.25) is 5.02 Å². The van der Waals surface area contributed by atoms with E-state index in [0.29, 0.717) is 35.9 Å². The molecule has 0 aliphatic heterocycles. The number of aromatic nitrogens is 1. The van der Waals surface area contributed by atoms with Gasteiger partial charge in [-0.05, 0) is 77.7 Å². The third-order valence-electron chi connectivity index (χ3n) is 7.00. The number of hydrogen-bond acceptors (Lipinski definition) is 4. The number of H-pyrrole nitrogens is 1. The van der Waals surface area contributed by atoms with Crippen molar-refractivity contribution in [3.8, 4) is 5.75 Å². The van der Waals surface area contributed by atoms with Crippen LogP contribution in [0.5, 0.6) is 5.75 Å². The molecule has 0 saturated heterocycles. The minimum absolute atomic E-state index is 0.0190. The topological polar surface area (TPSA) is 77.3 Å². The van der Waals surface area contributed by atoms with Crippen LogP contribution < -0.4 is 10.5 Å². The molecule has 5 nitrogen and oxygen atoms in total. The van der Waals surface area contributed by atoms with E-state index < -0.39 is 0 Å². The number of carbonyl (C=O) groups excluding carboxylic acids is 1. The van der Waals surface area contributed by atoms with Gasteiger partial charge in [0.05, 0.1) is 19.3 Å². The Morgan fingerprint density at radius 2 is 1.67 bits per heavy atom. The van der Waals surface area contributed by atoms with Gasteiger partial charge in [0.15, 0.2) is 0 Å². The normalized spacial score (nSPS) is 11.9. The number of benzene rings is 4. The summed E-state index contributed by atoms with van der Waals surface area (Å²) in [6.45, 7) is 1.03. The molecule has 4 aromatic carbocycles. The first kappa shape index (κ1) is 26.5. The molecule has 198 valence electrons. The molecule has 0 radical (unpaired) electrons. The van der Waals surface area contributed by atoms with E-state index in [2.05, 4.69) is 53.5 Å². The minimum atomic E-state index is -0.372. The molecule has 0 aliphatic carbocycles. The first-order valence-electron chi connectivity index (χ1n) is 13.0. The molecule has 6 heteroatoms. The van der Waals surface area contributed by atoms with Gasteiger partial charge in [0.2, 0.25) is 0 Å². The van der Waals surface area contributed by atoms with Gasteiger partial charge in [-0.2, -0.15) is 0 Å². The first-order chi connectivity index (χ1) is 19.1. The van der Waals surface area contributed by atoms with Crippen molar-refractivity contribution in [3.05, 3.63) is 136 Å². The quantitative estimate of drug-likeness (QED) is 0.189. The van der Waals surface area contributed by atoms with E-state index in [0.717, 1.165) is 28.6 Å². The lowest BCUT2D eigenvalue weighted by Gasteiger charge is -2.22. The number of aromatic amines is 1.